The molecule has 1 aliphatic heterocycles. The van der Waals surface area contributed by atoms with E-state index in [9.17, 15) is 13.2 Å². The first-order chi connectivity index (χ1) is 13.3. The molecule has 3 rings (SSSR count). The van der Waals surface area contributed by atoms with Crippen LogP contribution in [0.5, 0.6) is 5.75 Å². The highest BCUT2D eigenvalue weighted by Gasteiger charge is 2.31. The Kier molecular flexibility index (Phi) is 6.24. The number of para-hydroxylation sites is 2. The fraction of sp³-hybridized carbons (Fsp3) is 0.381. The van der Waals surface area contributed by atoms with Crippen LogP contribution in [0, 0.1) is 0 Å². The molecule has 0 aromatic heterocycles. The maximum atomic E-state index is 12.7. The molecule has 150 valence electrons. The minimum Gasteiger partial charge on any atom is -0.478 e. The van der Waals surface area contributed by atoms with Gasteiger partial charge in [-0.3, -0.25) is 9.10 Å². The van der Waals surface area contributed by atoms with Crippen LogP contribution in [0.1, 0.15) is 25.3 Å². The van der Waals surface area contributed by atoms with Gasteiger partial charge in [0, 0.05) is 19.0 Å². The molecule has 0 fully saturated rings. The quantitative estimate of drug-likeness (QED) is 0.806. The third-order valence-corrected chi connectivity index (χ3v) is 5.97. The molecule has 0 radical (unpaired) electrons. The zero-order valence-electron chi connectivity index (χ0n) is 16.2. The van der Waals surface area contributed by atoms with Gasteiger partial charge in [-0.25, -0.2) is 8.42 Å². The van der Waals surface area contributed by atoms with Crippen molar-refractivity contribution in [2.24, 2.45) is 0 Å². The Morgan fingerprint density at radius 2 is 1.86 bits per heavy atom. The van der Waals surface area contributed by atoms with E-state index < -0.39 is 16.1 Å². The first-order valence-corrected chi connectivity index (χ1v) is 11.3. The highest BCUT2D eigenvalue weighted by atomic mass is 32.2. The molecule has 6 nitrogen and oxygen atoms in total. The van der Waals surface area contributed by atoms with Gasteiger partial charge in [-0.2, -0.15) is 0 Å². The van der Waals surface area contributed by atoms with Crippen LogP contribution < -0.4 is 14.4 Å². The topological polar surface area (TPSA) is 75.7 Å². The number of aryl methyl sites for hydroxylation is 1. The fourth-order valence-corrected chi connectivity index (χ4v) is 4.24. The Morgan fingerprint density at radius 1 is 1.18 bits per heavy atom. The number of anilines is 1. The van der Waals surface area contributed by atoms with E-state index in [2.05, 4.69) is 17.4 Å². The summed E-state index contributed by atoms with van der Waals surface area (Å²) in [6.45, 7) is 2.17. The third kappa shape index (κ3) is 5.04. The molecule has 0 spiro atoms. The predicted molar refractivity (Wildman–Crippen MR) is 110 cm³/mol. The van der Waals surface area contributed by atoms with Crippen LogP contribution in [-0.4, -0.2) is 39.3 Å². The van der Waals surface area contributed by atoms with Crippen molar-refractivity contribution in [3.05, 3.63) is 60.2 Å². The average Bonchev–Trinajstić information content (AvgIpc) is 2.87. The van der Waals surface area contributed by atoms with E-state index in [1.165, 1.54) is 9.87 Å². The van der Waals surface area contributed by atoms with Crippen molar-refractivity contribution >= 4 is 21.6 Å². The lowest BCUT2D eigenvalue weighted by Crippen LogP contribution is -2.43. The summed E-state index contributed by atoms with van der Waals surface area (Å²) < 4.78 is 31.5. The molecule has 0 saturated heterocycles. The van der Waals surface area contributed by atoms with Crippen LogP contribution in [-0.2, 0) is 21.2 Å². The van der Waals surface area contributed by atoms with Crippen molar-refractivity contribution in [3.63, 3.8) is 0 Å². The zero-order valence-corrected chi connectivity index (χ0v) is 17.0. The maximum Gasteiger partial charge on any atom is 0.261 e. The molecule has 0 aliphatic carbocycles. The SMILES string of the molecule is C[C@@H](CCc1ccccc1)NC(=O)[C@H]1CCN(S(C)(=O)=O)c2ccccc2O1. The molecule has 0 unspecified atom stereocenters. The molecular formula is C21H26N2O4S. The van der Waals surface area contributed by atoms with Crippen molar-refractivity contribution in [1.29, 1.82) is 0 Å². The van der Waals surface area contributed by atoms with Gasteiger partial charge < -0.3 is 10.1 Å². The van der Waals surface area contributed by atoms with Gasteiger partial charge in [0.25, 0.3) is 5.91 Å². The first kappa shape index (κ1) is 20.2. The lowest BCUT2D eigenvalue weighted by molar-refractivity contribution is -0.128. The fourth-order valence-electron chi connectivity index (χ4n) is 3.29. The summed E-state index contributed by atoms with van der Waals surface area (Å²) in [6.07, 6.45) is 2.41. The molecule has 1 N–H and O–H groups in total. The number of amides is 1. The van der Waals surface area contributed by atoms with Gasteiger partial charge in [0.15, 0.2) is 6.10 Å². The molecule has 1 heterocycles. The lowest BCUT2D eigenvalue weighted by Gasteiger charge is -2.20. The number of rotatable bonds is 6. The minimum atomic E-state index is -3.45. The summed E-state index contributed by atoms with van der Waals surface area (Å²) >= 11 is 0. The molecule has 1 aliphatic rings. The number of hydrogen-bond donors (Lipinski definition) is 1. The minimum absolute atomic E-state index is 0.0131. The average molecular weight is 403 g/mol. The van der Waals surface area contributed by atoms with Gasteiger partial charge in [0.1, 0.15) is 5.75 Å². The van der Waals surface area contributed by atoms with Gasteiger partial charge in [-0.1, -0.05) is 42.5 Å². The smallest absolute Gasteiger partial charge is 0.261 e. The van der Waals surface area contributed by atoms with E-state index in [-0.39, 0.29) is 18.5 Å². The lowest BCUT2D eigenvalue weighted by atomic mass is 10.1. The Hall–Kier alpha value is -2.54. The van der Waals surface area contributed by atoms with Crippen LogP contribution in [0.25, 0.3) is 0 Å². The monoisotopic (exact) mass is 402 g/mol. The third-order valence-electron chi connectivity index (χ3n) is 4.79. The van der Waals surface area contributed by atoms with Gasteiger partial charge in [0.2, 0.25) is 10.0 Å². The van der Waals surface area contributed by atoms with Crippen molar-refractivity contribution in [2.45, 2.75) is 38.3 Å². The summed E-state index contributed by atoms with van der Waals surface area (Å²) in [4.78, 5) is 12.7. The van der Waals surface area contributed by atoms with E-state index in [1.807, 2.05) is 25.1 Å². The Morgan fingerprint density at radius 3 is 2.57 bits per heavy atom. The molecule has 0 saturated carbocycles. The van der Waals surface area contributed by atoms with E-state index in [0.717, 1.165) is 19.1 Å². The summed E-state index contributed by atoms with van der Waals surface area (Å²) in [5.41, 5.74) is 1.70. The number of nitrogens with one attached hydrogen (secondary N) is 1. The van der Waals surface area contributed by atoms with Crippen LogP contribution >= 0.6 is 0 Å². The molecule has 28 heavy (non-hydrogen) atoms. The van der Waals surface area contributed by atoms with Crippen molar-refractivity contribution in [2.75, 3.05) is 17.1 Å². The van der Waals surface area contributed by atoms with Gasteiger partial charge in [-0.15, -0.1) is 0 Å². The van der Waals surface area contributed by atoms with Crippen molar-refractivity contribution in [1.82, 2.24) is 5.32 Å². The summed E-state index contributed by atoms with van der Waals surface area (Å²) in [7, 11) is -3.45. The van der Waals surface area contributed by atoms with Crippen molar-refractivity contribution in [3.8, 4) is 5.75 Å². The summed E-state index contributed by atoms with van der Waals surface area (Å²) in [6, 6.07) is 17.0. The Bertz CT molecular complexity index is 915. The van der Waals surface area contributed by atoms with E-state index in [0.29, 0.717) is 17.9 Å². The molecule has 2 atom stereocenters. The van der Waals surface area contributed by atoms with Gasteiger partial charge >= 0.3 is 0 Å². The van der Waals surface area contributed by atoms with Crippen LogP contribution in [0.15, 0.2) is 54.6 Å². The number of fused-ring (bicyclic) bond motifs is 1. The standard InChI is InChI=1S/C21H26N2O4S/c1-16(12-13-17-8-4-3-5-9-17)22-21(24)20-14-15-23(28(2,25)26)18-10-6-7-11-19(18)27-20/h3-11,16,20H,12-15H2,1-2H3,(H,22,24)/t16-,20+/m0/s1. The number of sulfonamides is 1. The van der Waals surface area contributed by atoms with Crippen LogP contribution in [0.4, 0.5) is 5.69 Å². The molecule has 2 aromatic carbocycles. The second kappa shape index (κ2) is 8.65. The number of carbonyl (C=O) groups is 1. The second-order valence-electron chi connectivity index (χ2n) is 7.13. The van der Waals surface area contributed by atoms with Crippen molar-refractivity contribution < 1.29 is 17.9 Å². The first-order valence-electron chi connectivity index (χ1n) is 9.42. The molecular weight excluding hydrogens is 376 g/mol. The molecule has 7 heteroatoms. The second-order valence-corrected chi connectivity index (χ2v) is 9.04. The zero-order chi connectivity index (χ0) is 20.1. The molecule has 2 aromatic rings. The van der Waals surface area contributed by atoms with Crippen LogP contribution in [0.3, 0.4) is 0 Å². The molecule has 1 amide bonds. The van der Waals surface area contributed by atoms with Gasteiger partial charge in [0.05, 0.1) is 11.9 Å². The molecule has 0 bridgehead atoms. The predicted octanol–water partition coefficient (Wildman–Crippen LogP) is 2.74. The van der Waals surface area contributed by atoms with E-state index >= 15 is 0 Å². The number of hydrogen-bond acceptors (Lipinski definition) is 4. The normalized spacial score (nSPS) is 17.8. The highest BCUT2D eigenvalue weighted by molar-refractivity contribution is 7.92. The van der Waals surface area contributed by atoms with Crippen LogP contribution in [0.2, 0.25) is 0 Å². The number of carbonyl (C=O) groups excluding carboxylic acids is 1. The number of ether oxygens (including phenoxy) is 1. The number of nitrogens with zero attached hydrogens (tertiary/aromatic N) is 1. The Balaban J connectivity index is 1.64. The maximum absolute atomic E-state index is 12.7. The van der Waals surface area contributed by atoms with Gasteiger partial charge in [-0.05, 0) is 37.5 Å². The number of benzene rings is 2. The Labute approximate surface area is 166 Å². The summed E-state index contributed by atoms with van der Waals surface area (Å²) in [5, 5.41) is 3.00. The highest BCUT2D eigenvalue weighted by Crippen LogP contribution is 2.33. The van der Waals surface area contributed by atoms with E-state index in [1.54, 1.807) is 24.3 Å². The largest absolute Gasteiger partial charge is 0.478 e. The summed E-state index contributed by atoms with van der Waals surface area (Å²) in [5.74, 6) is 0.188. The van der Waals surface area contributed by atoms with E-state index in [4.69, 9.17) is 4.74 Å².